The molecule has 0 radical (unpaired) electrons. The fraction of sp³-hybridized carbons (Fsp3) is 0.240. The molecule has 3 aromatic rings. The molecule has 10 heteroatoms. The Kier molecular flexibility index (Phi) is 6.24. The molecular weight excluding hydrogens is 536 g/mol. The molecule has 35 heavy (non-hydrogen) atoms. The molecular formula is C25H21BrN2O6S. The third-order valence-corrected chi connectivity index (χ3v) is 7.31. The second-order valence-corrected chi connectivity index (χ2v) is 9.67. The first-order valence-electron chi connectivity index (χ1n) is 10.8. The number of hydrogen-bond donors (Lipinski definition) is 0. The highest BCUT2D eigenvalue weighted by Gasteiger charge is 2.34. The highest BCUT2D eigenvalue weighted by molar-refractivity contribution is 9.10. The minimum atomic E-state index is -0.718. The van der Waals surface area contributed by atoms with Crippen LogP contribution in [-0.2, 0) is 9.53 Å². The lowest BCUT2D eigenvalue weighted by Crippen LogP contribution is -2.39. The van der Waals surface area contributed by atoms with Gasteiger partial charge in [0.2, 0.25) is 6.79 Å². The molecule has 0 saturated carbocycles. The highest BCUT2D eigenvalue weighted by atomic mass is 79.9. The number of halogens is 1. The van der Waals surface area contributed by atoms with Crippen LogP contribution < -0.4 is 29.1 Å². The van der Waals surface area contributed by atoms with Gasteiger partial charge >= 0.3 is 5.97 Å². The Morgan fingerprint density at radius 1 is 1.26 bits per heavy atom. The van der Waals surface area contributed by atoms with Crippen molar-refractivity contribution in [2.24, 2.45) is 4.99 Å². The standard InChI is InChI=1S/C25H21BrN2O6S/c1-4-32-24(30)21-13(2)27-25-28(22(21)15-6-8-18-19(11-15)34-12-33-18)23(29)20(35-25)10-14-5-7-17(31-3)16(26)9-14/h5-11,22H,4,12H2,1-3H3/b20-10+. The van der Waals surface area contributed by atoms with Crippen molar-refractivity contribution in [3.63, 3.8) is 0 Å². The van der Waals surface area contributed by atoms with Crippen LogP contribution in [-0.4, -0.2) is 31.0 Å². The number of allylic oxidation sites excluding steroid dienone is 1. The maximum Gasteiger partial charge on any atom is 0.338 e. The summed E-state index contributed by atoms with van der Waals surface area (Å²) < 4.78 is 24.4. The lowest BCUT2D eigenvalue weighted by molar-refractivity contribution is -0.139. The SMILES string of the molecule is CCOC(=O)C1=C(C)N=c2s/c(=C/c3ccc(OC)c(Br)c3)c(=O)n2C1c1ccc2c(c1)OCO2. The highest BCUT2D eigenvalue weighted by Crippen LogP contribution is 2.38. The van der Waals surface area contributed by atoms with E-state index >= 15 is 0 Å². The van der Waals surface area contributed by atoms with Gasteiger partial charge in [0.15, 0.2) is 16.3 Å². The Balaban J connectivity index is 1.70. The van der Waals surface area contributed by atoms with Crippen LogP contribution in [0.3, 0.4) is 0 Å². The van der Waals surface area contributed by atoms with Gasteiger partial charge in [-0.05, 0) is 71.2 Å². The Morgan fingerprint density at radius 2 is 2.06 bits per heavy atom. The number of carbonyl (C=O) groups excluding carboxylic acids is 1. The zero-order valence-electron chi connectivity index (χ0n) is 19.2. The third-order valence-electron chi connectivity index (χ3n) is 5.70. The average molecular weight is 557 g/mol. The van der Waals surface area contributed by atoms with Crippen LogP contribution in [0.5, 0.6) is 17.2 Å². The van der Waals surface area contributed by atoms with E-state index in [0.29, 0.717) is 43.4 Å². The Bertz CT molecular complexity index is 1550. The fourth-order valence-corrected chi connectivity index (χ4v) is 5.72. The number of carbonyl (C=O) groups is 1. The molecule has 2 aromatic carbocycles. The van der Waals surface area contributed by atoms with E-state index in [-0.39, 0.29) is 19.0 Å². The van der Waals surface area contributed by atoms with Crippen LogP contribution in [0.15, 0.2) is 61.9 Å². The van der Waals surface area contributed by atoms with Crippen molar-refractivity contribution in [2.75, 3.05) is 20.5 Å². The number of fused-ring (bicyclic) bond motifs is 2. The summed E-state index contributed by atoms with van der Waals surface area (Å²) in [6.45, 7) is 3.83. The van der Waals surface area contributed by atoms with E-state index in [1.165, 1.54) is 11.3 Å². The first-order valence-corrected chi connectivity index (χ1v) is 12.4. The van der Waals surface area contributed by atoms with Crippen molar-refractivity contribution in [2.45, 2.75) is 19.9 Å². The summed E-state index contributed by atoms with van der Waals surface area (Å²) in [6, 6.07) is 10.3. The van der Waals surface area contributed by atoms with Gasteiger partial charge in [-0.1, -0.05) is 23.5 Å². The van der Waals surface area contributed by atoms with E-state index in [4.69, 9.17) is 18.9 Å². The summed E-state index contributed by atoms with van der Waals surface area (Å²) in [6.07, 6.45) is 1.80. The number of esters is 1. The smallest absolute Gasteiger partial charge is 0.338 e. The molecule has 1 aromatic heterocycles. The predicted molar refractivity (Wildman–Crippen MR) is 134 cm³/mol. The molecule has 0 fully saturated rings. The van der Waals surface area contributed by atoms with Crippen LogP contribution in [0.25, 0.3) is 6.08 Å². The van der Waals surface area contributed by atoms with Gasteiger partial charge in [0, 0.05) is 0 Å². The Morgan fingerprint density at radius 3 is 2.80 bits per heavy atom. The molecule has 0 spiro atoms. The second-order valence-electron chi connectivity index (χ2n) is 7.81. The molecule has 8 nitrogen and oxygen atoms in total. The number of nitrogens with zero attached hydrogens (tertiary/aromatic N) is 2. The van der Waals surface area contributed by atoms with Crippen molar-refractivity contribution < 1.29 is 23.7 Å². The van der Waals surface area contributed by atoms with Gasteiger partial charge in [-0.2, -0.15) is 0 Å². The topological polar surface area (TPSA) is 88.4 Å². The molecule has 3 heterocycles. The number of rotatable bonds is 5. The number of hydrogen-bond acceptors (Lipinski definition) is 8. The second kappa shape index (κ2) is 9.35. The van der Waals surface area contributed by atoms with Gasteiger partial charge in [0.05, 0.1) is 40.0 Å². The molecule has 2 aliphatic heterocycles. The summed E-state index contributed by atoms with van der Waals surface area (Å²) in [5.41, 5.74) is 2.09. The van der Waals surface area contributed by atoms with E-state index in [2.05, 4.69) is 20.9 Å². The third kappa shape index (κ3) is 4.17. The van der Waals surface area contributed by atoms with Crippen LogP contribution in [0.1, 0.15) is 31.0 Å². The molecule has 180 valence electrons. The first kappa shape index (κ1) is 23.4. The Hall–Kier alpha value is -3.37. The van der Waals surface area contributed by atoms with Crippen LogP contribution in [0, 0.1) is 0 Å². The summed E-state index contributed by atoms with van der Waals surface area (Å²) in [4.78, 5) is 31.8. The van der Waals surface area contributed by atoms with Crippen LogP contribution >= 0.6 is 27.3 Å². The van der Waals surface area contributed by atoms with E-state index in [1.54, 1.807) is 43.7 Å². The van der Waals surface area contributed by atoms with Crippen molar-refractivity contribution in [1.29, 1.82) is 0 Å². The summed E-state index contributed by atoms with van der Waals surface area (Å²) >= 11 is 4.75. The molecule has 2 aliphatic rings. The van der Waals surface area contributed by atoms with Gasteiger partial charge in [-0.15, -0.1) is 0 Å². The Labute approximate surface area is 212 Å². The van der Waals surface area contributed by atoms with Crippen LogP contribution in [0.4, 0.5) is 0 Å². The van der Waals surface area contributed by atoms with Crippen molar-refractivity contribution in [1.82, 2.24) is 4.57 Å². The van der Waals surface area contributed by atoms with Gasteiger partial charge in [0.25, 0.3) is 5.56 Å². The molecule has 0 amide bonds. The molecule has 0 saturated heterocycles. The summed E-state index contributed by atoms with van der Waals surface area (Å²) in [7, 11) is 1.59. The first-order chi connectivity index (χ1) is 16.9. The van der Waals surface area contributed by atoms with Gasteiger partial charge in [0.1, 0.15) is 5.75 Å². The summed E-state index contributed by atoms with van der Waals surface area (Å²) in [5, 5.41) is 0. The zero-order chi connectivity index (χ0) is 24.7. The van der Waals surface area contributed by atoms with E-state index < -0.39 is 12.0 Å². The van der Waals surface area contributed by atoms with Crippen molar-refractivity contribution in [3.05, 3.63) is 83.0 Å². The predicted octanol–water partition coefficient (Wildman–Crippen LogP) is 3.30. The molecule has 5 rings (SSSR count). The summed E-state index contributed by atoms with van der Waals surface area (Å²) in [5.74, 6) is 1.36. The molecule has 0 aliphatic carbocycles. The molecule has 1 atom stereocenters. The lowest BCUT2D eigenvalue weighted by Gasteiger charge is -2.24. The van der Waals surface area contributed by atoms with Crippen molar-refractivity contribution >= 4 is 39.3 Å². The minimum absolute atomic E-state index is 0.124. The van der Waals surface area contributed by atoms with E-state index in [0.717, 1.165) is 10.0 Å². The zero-order valence-corrected chi connectivity index (χ0v) is 21.6. The van der Waals surface area contributed by atoms with E-state index in [9.17, 15) is 9.59 Å². The number of aromatic nitrogens is 1. The van der Waals surface area contributed by atoms with Gasteiger partial charge in [-0.3, -0.25) is 9.36 Å². The largest absolute Gasteiger partial charge is 0.496 e. The lowest BCUT2D eigenvalue weighted by atomic mass is 9.95. The van der Waals surface area contributed by atoms with E-state index in [1.807, 2.05) is 24.3 Å². The minimum Gasteiger partial charge on any atom is -0.496 e. The van der Waals surface area contributed by atoms with Gasteiger partial charge < -0.3 is 18.9 Å². The molecule has 0 bridgehead atoms. The normalized spacial score (nSPS) is 16.7. The number of ether oxygens (including phenoxy) is 4. The molecule has 1 unspecified atom stereocenters. The molecule has 0 N–H and O–H groups in total. The maximum atomic E-state index is 13.7. The number of thiazole rings is 1. The van der Waals surface area contributed by atoms with Crippen LogP contribution in [0.2, 0.25) is 0 Å². The number of methoxy groups -OCH3 is 1. The average Bonchev–Trinajstić information content (AvgIpc) is 3.42. The maximum absolute atomic E-state index is 13.7. The quantitative estimate of drug-likeness (QED) is 0.448. The monoisotopic (exact) mass is 556 g/mol. The fourth-order valence-electron chi connectivity index (χ4n) is 4.11. The number of benzene rings is 2. The van der Waals surface area contributed by atoms with Gasteiger partial charge in [-0.25, -0.2) is 9.79 Å². The van der Waals surface area contributed by atoms with Crippen molar-refractivity contribution in [3.8, 4) is 17.2 Å².